The number of aryl methyl sites for hydroxylation is 2. The lowest BCUT2D eigenvalue weighted by Gasteiger charge is -2.35. The van der Waals surface area contributed by atoms with E-state index in [1.165, 1.54) is 0 Å². The molecule has 0 N–H and O–H groups in total. The van der Waals surface area contributed by atoms with Crippen LogP contribution < -0.4 is 4.90 Å². The van der Waals surface area contributed by atoms with E-state index in [0.29, 0.717) is 31.0 Å². The number of piperidine rings is 1. The molecule has 7 heteroatoms. The van der Waals surface area contributed by atoms with Crippen molar-refractivity contribution in [1.29, 1.82) is 5.26 Å². The Bertz CT molecular complexity index is 865. The summed E-state index contributed by atoms with van der Waals surface area (Å²) >= 11 is 0. The van der Waals surface area contributed by atoms with E-state index in [9.17, 15) is 10.1 Å². The molecule has 0 saturated carbocycles. The normalized spacial score (nSPS) is 22.4. The summed E-state index contributed by atoms with van der Waals surface area (Å²) in [6.07, 6.45) is 3.55. The smallest absolute Gasteiger partial charge is 0.228 e. The first kappa shape index (κ1) is 16.6. The van der Waals surface area contributed by atoms with Gasteiger partial charge < -0.3 is 14.3 Å². The molecule has 5 rings (SSSR count). The van der Waals surface area contributed by atoms with E-state index in [2.05, 4.69) is 21.1 Å². The van der Waals surface area contributed by atoms with Crippen LogP contribution in [-0.2, 0) is 11.3 Å². The van der Waals surface area contributed by atoms with Crippen molar-refractivity contribution in [1.82, 2.24) is 15.0 Å². The van der Waals surface area contributed by atoms with Crippen molar-refractivity contribution in [3.63, 3.8) is 0 Å². The highest BCUT2D eigenvalue weighted by atomic mass is 16.5. The van der Waals surface area contributed by atoms with Crippen molar-refractivity contribution >= 4 is 11.7 Å². The number of carbonyl (C=O) groups excluding carboxylic acids is 1. The first-order chi connectivity index (χ1) is 12.6. The summed E-state index contributed by atoms with van der Waals surface area (Å²) in [5.41, 5.74) is 2.38. The molecule has 2 aromatic rings. The molecule has 0 spiro atoms. The number of rotatable bonds is 3. The summed E-state index contributed by atoms with van der Waals surface area (Å²) < 4.78 is 5.26. The Morgan fingerprint density at radius 2 is 2.19 bits per heavy atom. The highest BCUT2D eigenvalue weighted by Gasteiger charge is 2.41. The lowest BCUT2D eigenvalue weighted by atomic mass is 9.93. The zero-order valence-corrected chi connectivity index (χ0v) is 15.0. The largest absolute Gasteiger partial charge is 0.361 e. The number of carbonyl (C=O) groups is 1. The number of nitriles is 1. The monoisotopic (exact) mass is 351 g/mol. The summed E-state index contributed by atoms with van der Waals surface area (Å²) in [6.45, 7) is 5.62. The molecule has 3 saturated heterocycles. The zero-order chi connectivity index (χ0) is 18.3. The maximum Gasteiger partial charge on any atom is 0.228 e. The number of nitrogens with zero attached hydrogens (tertiary/aromatic N) is 5. The topological polar surface area (TPSA) is 86.3 Å². The zero-order valence-electron chi connectivity index (χ0n) is 15.0. The first-order valence-corrected chi connectivity index (χ1v) is 8.90. The van der Waals surface area contributed by atoms with E-state index in [-0.39, 0.29) is 17.9 Å². The van der Waals surface area contributed by atoms with Gasteiger partial charge in [-0.1, -0.05) is 5.16 Å². The molecule has 0 radical (unpaired) electrons. The van der Waals surface area contributed by atoms with Gasteiger partial charge in [-0.2, -0.15) is 5.26 Å². The van der Waals surface area contributed by atoms with Crippen molar-refractivity contribution in [2.75, 3.05) is 18.0 Å². The first-order valence-electron chi connectivity index (χ1n) is 8.90. The van der Waals surface area contributed by atoms with Gasteiger partial charge in [-0.15, -0.1) is 0 Å². The van der Waals surface area contributed by atoms with Crippen molar-refractivity contribution in [3.8, 4) is 6.07 Å². The predicted octanol–water partition coefficient (Wildman–Crippen LogP) is 2.19. The fourth-order valence-electron chi connectivity index (χ4n) is 4.06. The maximum atomic E-state index is 13.0. The second kappa shape index (κ2) is 6.45. The second-order valence-electron chi connectivity index (χ2n) is 7.09. The van der Waals surface area contributed by atoms with E-state index in [0.717, 1.165) is 29.9 Å². The Morgan fingerprint density at radius 1 is 1.35 bits per heavy atom. The molecule has 2 bridgehead atoms. The van der Waals surface area contributed by atoms with Crippen LogP contribution in [0, 0.1) is 31.1 Å². The van der Waals surface area contributed by atoms with Gasteiger partial charge in [0.25, 0.3) is 0 Å². The van der Waals surface area contributed by atoms with Crippen LogP contribution in [0.2, 0.25) is 0 Å². The molecule has 2 aromatic heterocycles. The Hall–Kier alpha value is -2.88. The van der Waals surface area contributed by atoms with Gasteiger partial charge >= 0.3 is 0 Å². The second-order valence-corrected chi connectivity index (χ2v) is 7.09. The van der Waals surface area contributed by atoms with Gasteiger partial charge in [0.1, 0.15) is 17.6 Å². The highest BCUT2D eigenvalue weighted by molar-refractivity contribution is 5.81. The molecule has 1 amide bonds. The molecule has 0 aromatic carbocycles. The molecule has 3 aliphatic heterocycles. The summed E-state index contributed by atoms with van der Waals surface area (Å²) in [4.78, 5) is 21.5. The summed E-state index contributed by atoms with van der Waals surface area (Å²) in [7, 11) is 0. The Morgan fingerprint density at radius 3 is 2.92 bits per heavy atom. The number of anilines is 1. The van der Waals surface area contributed by atoms with Crippen LogP contribution in [0.15, 0.2) is 22.9 Å². The Balaban J connectivity index is 1.64. The Labute approximate surface area is 152 Å². The van der Waals surface area contributed by atoms with E-state index >= 15 is 0 Å². The van der Waals surface area contributed by atoms with Crippen LogP contribution in [0.5, 0.6) is 0 Å². The summed E-state index contributed by atoms with van der Waals surface area (Å²) in [5, 5.41) is 13.4. The van der Waals surface area contributed by atoms with Gasteiger partial charge in [0, 0.05) is 30.9 Å². The van der Waals surface area contributed by atoms with E-state index in [4.69, 9.17) is 4.52 Å². The Kier molecular flexibility index (Phi) is 4.11. The van der Waals surface area contributed by atoms with Crippen molar-refractivity contribution in [2.24, 2.45) is 5.92 Å². The van der Waals surface area contributed by atoms with Gasteiger partial charge in [0.2, 0.25) is 5.91 Å². The van der Waals surface area contributed by atoms with Crippen LogP contribution in [-0.4, -0.2) is 40.1 Å². The van der Waals surface area contributed by atoms with Crippen LogP contribution in [0.1, 0.15) is 35.4 Å². The minimum Gasteiger partial charge on any atom is -0.361 e. The number of pyridine rings is 1. The van der Waals surface area contributed by atoms with Gasteiger partial charge in [0.05, 0.1) is 23.7 Å². The number of aromatic nitrogens is 2. The molecule has 5 heterocycles. The standard InChI is InChI=1S/C19H21N5O2/c1-12-17(13(2)26-22-12)11-24-16-6-5-15(19(24)25)9-23(10-16)18-14(8-20)4-3-7-21-18/h3-4,7,15-16H,5-6,9-11H2,1-2H3/t15-,16+/m1/s1. The predicted molar refractivity (Wildman–Crippen MR) is 94.2 cm³/mol. The van der Waals surface area contributed by atoms with Gasteiger partial charge in [-0.3, -0.25) is 4.79 Å². The summed E-state index contributed by atoms with van der Waals surface area (Å²) in [6, 6.07) is 5.86. The quantitative estimate of drug-likeness (QED) is 0.842. The molecule has 0 unspecified atom stereocenters. The van der Waals surface area contributed by atoms with Crippen molar-refractivity contribution < 1.29 is 9.32 Å². The third kappa shape index (κ3) is 2.71. The average molecular weight is 351 g/mol. The SMILES string of the molecule is Cc1noc(C)c1CN1C(=O)[C@@H]2CC[C@H]1CN(c1ncccc1C#N)C2. The molecular formula is C19H21N5O2. The minimum atomic E-state index is -0.0669. The van der Waals surface area contributed by atoms with Crippen LogP contribution >= 0.6 is 0 Å². The van der Waals surface area contributed by atoms with E-state index in [1.54, 1.807) is 18.3 Å². The van der Waals surface area contributed by atoms with Crippen LogP contribution in [0.3, 0.4) is 0 Å². The third-order valence-corrected chi connectivity index (χ3v) is 5.51. The average Bonchev–Trinajstić information content (AvgIpc) is 2.82. The fraction of sp³-hybridized carbons (Fsp3) is 0.474. The van der Waals surface area contributed by atoms with Crippen LogP contribution in [0.25, 0.3) is 0 Å². The van der Waals surface area contributed by atoms with E-state index in [1.807, 2.05) is 18.7 Å². The molecule has 26 heavy (non-hydrogen) atoms. The van der Waals surface area contributed by atoms with E-state index < -0.39 is 0 Å². The van der Waals surface area contributed by atoms with Gasteiger partial charge in [-0.25, -0.2) is 4.98 Å². The minimum absolute atomic E-state index is 0.0669. The molecule has 0 aliphatic carbocycles. The fourth-order valence-corrected chi connectivity index (χ4v) is 4.06. The molecular weight excluding hydrogens is 330 g/mol. The molecule has 7 nitrogen and oxygen atoms in total. The lowest BCUT2D eigenvalue weighted by molar-refractivity contribution is -0.140. The van der Waals surface area contributed by atoms with Crippen molar-refractivity contribution in [3.05, 3.63) is 40.9 Å². The lowest BCUT2D eigenvalue weighted by Crippen LogP contribution is -2.47. The number of amides is 1. The van der Waals surface area contributed by atoms with Crippen molar-refractivity contribution in [2.45, 2.75) is 39.3 Å². The molecule has 2 atom stereocenters. The van der Waals surface area contributed by atoms with Gasteiger partial charge in [-0.05, 0) is 38.8 Å². The number of fused-ring (bicyclic) bond motifs is 4. The van der Waals surface area contributed by atoms with Gasteiger partial charge in [0.15, 0.2) is 0 Å². The third-order valence-electron chi connectivity index (χ3n) is 5.51. The number of hydrogen-bond donors (Lipinski definition) is 0. The summed E-state index contributed by atoms with van der Waals surface area (Å²) in [5.74, 6) is 1.56. The van der Waals surface area contributed by atoms with Crippen LogP contribution in [0.4, 0.5) is 5.82 Å². The highest BCUT2D eigenvalue weighted by Crippen LogP contribution is 2.33. The molecule has 3 fully saturated rings. The molecule has 3 aliphatic rings. The number of hydrogen-bond acceptors (Lipinski definition) is 6. The maximum absolute atomic E-state index is 13.0. The molecule has 134 valence electrons.